The van der Waals surface area contributed by atoms with Gasteiger partial charge in [-0.2, -0.15) is 0 Å². The molecule has 1 aliphatic heterocycles. The summed E-state index contributed by atoms with van der Waals surface area (Å²) in [5, 5.41) is 0.610. The number of ether oxygens (including phenoxy) is 1. The number of esters is 1. The maximum atomic E-state index is 13.2. The van der Waals surface area contributed by atoms with Crippen molar-refractivity contribution >= 4 is 23.6 Å². The third-order valence-corrected chi connectivity index (χ3v) is 6.17. The molecule has 6 nitrogen and oxygen atoms in total. The molecule has 2 heterocycles. The SMILES string of the molecule is Cc1cc(C)nc(SCC(=O)N2[C@@H]3CCCC[C@H]3C[C@H]2C(=O)OC(C)(C)C)n1. The summed E-state index contributed by atoms with van der Waals surface area (Å²) in [6.07, 6.45) is 5.06. The fourth-order valence-corrected chi connectivity index (χ4v) is 5.18. The maximum absolute atomic E-state index is 13.2. The minimum absolute atomic E-state index is 0.0157. The summed E-state index contributed by atoms with van der Waals surface area (Å²) in [4.78, 5) is 36.6. The van der Waals surface area contributed by atoms with Crippen LogP contribution in [-0.4, -0.2) is 50.2 Å². The van der Waals surface area contributed by atoms with Crippen LogP contribution in [0.4, 0.5) is 0 Å². The Labute approximate surface area is 171 Å². The Morgan fingerprint density at radius 2 is 1.82 bits per heavy atom. The van der Waals surface area contributed by atoms with Crippen LogP contribution in [-0.2, 0) is 14.3 Å². The van der Waals surface area contributed by atoms with Crippen molar-refractivity contribution < 1.29 is 14.3 Å². The van der Waals surface area contributed by atoms with Crippen LogP contribution in [0.25, 0.3) is 0 Å². The summed E-state index contributed by atoms with van der Waals surface area (Å²) in [6, 6.07) is 1.59. The average Bonchev–Trinajstić information content (AvgIpc) is 2.97. The largest absolute Gasteiger partial charge is 0.458 e. The van der Waals surface area contributed by atoms with Gasteiger partial charge in [0, 0.05) is 17.4 Å². The Morgan fingerprint density at radius 1 is 1.18 bits per heavy atom. The fraction of sp³-hybridized carbons (Fsp3) is 0.714. The molecule has 2 fully saturated rings. The first-order valence-electron chi connectivity index (χ1n) is 10.1. The lowest BCUT2D eigenvalue weighted by Crippen LogP contribution is -2.48. The van der Waals surface area contributed by atoms with Crippen molar-refractivity contribution in [2.45, 2.75) is 89.6 Å². The van der Waals surface area contributed by atoms with Crippen LogP contribution in [0.1, 0.15) is 64.3 Å². The van der Waals surface area contributed by atoms with Crippen molar-refractivity contribution in [3.63, 3.8) is 0 Å². The molecule has 28 heavy (non-hydrogen) atoms. The van der Waals surface area contributed by atoms with Gasteiger partial charge in [-0.05, 0) is 65.9 Å². The van der Waals surface area contributed by atoms with Crippen molar-refractivity contribution in [3.05, 3.63) is 17.5 Å². The number of aromatic nitrogens is 2. The number of rotatable bonds is 4. The van der Waals surface area contributed by atoms with E-state index in [0.717, 1.165) is 37.1 Å². The summed E-state index contributed by atoms with van der Waals surface area (Å²) in [5.74, 6) is 0.351. The summed E-state index contributed by atoms with van der Waals surface area (Å²) >= 11 is 1.34. The van der Waals surface area contributed by atoms with E-state index in [9.17, 15) is 9.59 Å². The van der Waals surface area contributed by atoms with Crippen molar-refractivity contribution in [1.29, 1.82) is 0 Å². The quantitative estimate of drug-likeness (QED) is 0.432. The second kappa shape index (κ2) is 8.39. The first kappa shape index (κ1) is 21.1. The monoisotopic (exact) mass is 405 g/mol. The standard InChI is InChI=1S/C21H31N3O3S/c1-13-10-14(2)23-20(22-13)28-12-18(25)24-16-9-7-6-8-15(16)11-17(24)19(26)27-21(3,4)5/h10,15-17H,6-9,11-12H2,1-5H3/t15-,16+,17-/m0/s1. The molecule has 3 atom stereocenters. The Balaban J connectivity index is 1.74. The van der Waals surface area contributed by atoms with E-state index in [4.69, 9.17) is 4.74 Å². The van der Waals surface area contributed by atoms with Crippen LogP contribution in [0, 0.1) is 19.8 Å². The van der Waals surface area contributed by atoms with E-state index in [-0.39, 0.29) is 23.7 Å². The number of fused-ring (bicyclic) bond motifs is 1. The van der Waals surface area contributed by atoms with E-state index in [2.05, 4.69) is 9.97 Å². The van der Waals surface area contributed by atoms with Crippen molar-refractivity contribution in [1.82, 2.24) is 14.9 Å². The second-order valence-electron chi connectivity index (χ2n) is 8.92. The third-order valence-electron chi connectivity index (χ3n) is 5.34. The van der Waals surface area contributed by atoms with Crippen molar-refractivity contribution in [2.24, 2.45) is 5.92 Å². The molecule has 0 bridgehead atoms. The van der Waals surface area contributed by atoms with E-state index >= 15 is 0 Å². The lowest BCUT2D eigenvalue weighted by Gasteiger charge is -2.34. The molecule has 0 unspecified atom stereocenters. The number of nitrogens with zero attached hydrogens (tertiary/aromatic N) is 3. The van der Waals surface area contributed by atoms with Crippen molar-refractivity contribution in [3.8, 4) is 0 Å². The molecule has 0 N–H and O–H groups in total. The Bertz CT molecular complexity index is 727. The molecule has 1 saturated heterocycles. The molecule has 1 aromatic rings. The first-order chi connectivity index (χ1) is 13.1. The molecule has 154 valence electrons. The predicted molar refractivity (Wildman–Crippen MR) is 109 cm³/mol. The van der Waals surface area contributed by atoms with Gasteiger partial charge in [0.1, 0.15) is 11.6 Å². The van der Waals surface area contributed by atoms with E-state index < -0.39 is 11.6 Å². The molecular formula is C21H31N3O3S. The predicted octanol–water partition coefficient (Wildman–Crippen LogP) is 3.69. The number of aryl methyl sites for hydroxylation is 2. The highest BCUT2D eigenvalue weighted by Crippen LogP contribution is 2.40. The summed E-state index contributed by atoms with van der Waals surface area (Å²) in [5.41, 5.74) is 1.23. The third kappa shape index (κ3) is 5.04. The van der Waals surface area contributed by atoms with Gasteiger partial charge in [-0.1, -0.05) is 24.6 Å². The number of carbonyl (C=O) groups excluding carboxylic acids is 2. The van der Waals surface area contributed by atoms with Gasteiger partial charge < -0.3 is 9.64 Å². The van der Waals surface area contributed by atoms with E-state index in [1.165, 1.54) is 18.2 Å². The number of likely N-dealkylation sites (tertiary alicyclic amines) is 1. The Morgan fingerprint density at radius 3 is 2.46 bits per heavy atom. The number of carbonyl (C=O) groups is 2. The van der Waals surface area contributed by atoms with Crippen LogP contribution in [0.5, 0.6) is 0 Å². The van der Waals surface area contributed by atoms with Crippen molar-refractivity contribution in [2.75, 3.05) is 5.75 Å². The zero-order chi connectivity index (χ0) is 20.5. The van der Waals surface area contributed by atoms with Gasteiger partial charge in [0.15, 0.2) is 5.16 Å². The van der Waals surface area contributed by atoms with Gasteiger partial charge in [-0.15, -0.1) is 0 Å². The molecular weight excluding hydrogens is 374 g/mol. The minimum atomic E-state index is -0.554. The molecule has 0 aromatic carbocycles. The maximum Gasteiger partial charge on any atom is 0.329 e. The topological polar surface area (TPSA) is 72.4 Å². The number of hydrogen-bond donors (Lipinski definition) is 0. The van der Waals surface area contributed by atoms with Gasteiger partial charge in [0.25, 0.3) is 0 Å². The Hall–Kier alpha value is -1.63. The summed E-state index contributed by atoms with van der Waals surface area (Å²) < 4.78 is 5.64. The zero-order valence-electron chi connectivity index (χ0n) is 17.5. The second-order valence-corrected chi connectivity index (χ2v) is 9.86. The average molecular weight is 406 g/mol. The number of amides is 1. The normalized spacial score (nSPS) is 24.8. The van der Waals surface area contributed by atoms with Crippen LogP contribution in [0.15, 0.2) is 11.2 Å². The highest BCUT2D eigenvalue weighted by Gasteiger charge is 2.48. The summed E-state index contributed by atoms with van der Waals surface area (Å²) in [6.45, 7) is 9.45. The molecule has 3 rings (SSSR count). The molecule has 1 aromatic heterocycles. The molecule has 7 heteroatoms. The molecule has 1 amide bonds. The lowest BCUT2D eigenvalue weighted by atomic mass is 9.85. The highest BCUT2D eigenvalue weighted by molar-refractivity contribution is 7.99. The zero-order valence-corrected chi connectivity index (χ0v) is 18.3. The van der Waals surface area contributed by atoms with E-state index in [1.54, 1.807) is 0 Å². The first-order valence-corrected chi connectivity index (χ1v) is 11.1. The highest BCUT2D eigenvalue weighted by atomic mass is 32.2. The van der Waals surface area contributed by atoms with Gasteiger partial charge in [0.2, 0.25) is 5.91 Å². The molecule has 1 aliphatic carbocycles. The van der Waals surface area contributed by atoms with Crippen LogP contribution >= 0.6 is 11.8 Å². The van der Waals surface area contributed by atoms with Gasteiger partial charge >= 0.3 is 5.97 Å². The van der Waals surface area contributed by atoms with Crippen LogP contribution in [0.3, 0.4) is 0 Å². The van der Waals surface area contributed by atoms with Crippen LogP contribution < -0.4 is 0 Å². The molecule has 0 radical (unpaired) electrons. The van der Waals surface area contributed by atoms with Gasteiger partial charge in [-0.3, -0.25) is 4.79 Å². The number of thioether (sulfide) groups is 1. The smallest absolute Gasteiger partial charge is 0.329 e. The molecule has 2 aliphatic rings. The Kier molecular flexibility index (Phi) is 6.32. The van der Waals surface area contributed by atoms with Gasteiger partial charge in [0.05, 0.1) is 5.75 Å². The van der Waals surface area contributed by atoms with Gasteiger partial charge in [-0.25, -0.2) is 14.8 Å². The van der Waals surface area contributed by atoms with E-state index in [0.29, 0.717) is 11.1 Å². The molecule has 0 spiro atoms. The molecule has 1 saturated carbocycles. The van der Waals surface area contributed by atoms with Crippen LogP contribution in [0.2, 0.25) is 0 Å². The van der Waals surface area contributed by atoms with E-state index in [1.807, 2.05) is 45.6 Å². The number of hydrogen-bond acceptors (Lipinski definition) is 6. The summed E-state index contributed by atoms with van der Waals surface area (Å²) in [7, 11) is 0. The minimum Gasteiger partial charge on any atom is -0.458 e. The fourth-order valence-electron chi connectivity index (χ4n) is 4.36. The lowest BCUT2D eigenvalue weighted by molar-refractivity contribution is -0.163.